The van der Waals surface area contributed by atoms with Crippen LogP contribution < -0.4 is 10.1 Å². The molecule has 1 N–H and O–H groups in total. The van der Waals surface area contributed by atoms with Gasteiger partial charge in [0, 0.05) is 26.2 Å². The van der Waals surface area contributed by atoms with Gasteiger partial charge in [-0.1, -0.05) is 77.9 Å². The Bertz CT molecular complexity index is 748. The van der Waals surface area contributed by atoms with Gasteiger partial charge < -0.3 is 10.1 Å². The lowest BCUT2D eigenvalue weighted by atomic mass is 9.80. The molecular formula is C26H38N2O. The summed E-state index contributed by atoms with van der Waals surface area (Å²) in [5.41, 5.74) is 4.18. The first kappa shape index (κ1) is 21.9. The summed E-state index contributed by atoms with van der Waals surface area (Å²) in [5.74, 6) is 0.985. The fourth-order valence-electron chi connectivity index (χ4n) is 3.81. The van der Waals surface area contributed by atoms with E-state index >= 15 is 0 Å². The molecule has 0 radical (unpaired) electrons. The van der Waals surface area contributed by atoms with Crippen LogP contribution in [0.3, 0.4) is 0 Å². The minimum Gasteiger partial charge on any atom is -0.492 e. The summed E-state index contributed by atoms with van der Waals surface area (Å²) < 4.78 is 6.49. The molecule has 3 rings (SSSR count). The maximum absolute atomic E-state index is 6.49. The van der Waals surface area contributed by atoms with E-state index in [0.717, 1.165) is 31.9 Å². The van der Waals surface area contributed by atoms with Crippen molar-refractivity contribution < 1.29 is 4.74 Å². The summed E-state index contributed by atoms with van der Waals surface area (Å²) >= 11 is 0. The molecule has 2 aromatic rings. The fourth-order valence-corrected chi connectivity index (χ4v) is 3.81. The van der Waals surface area contributed by atoms with Gasteiger partial charge in [0.05, 0.1) is 6.04 Å². The van der Waals surface area contributed by atoms with Gasteiger partial charge in [-0.3, -0.25) is 4.90 Å². The first-order chi connectivity index (χ1) is 13.6. The van der Waals surface area contributed by atoms with Crippen molar-refractivity contribution in [3.05, 3.63) is 65.2 Å². The van der Waals surface area contributed by atoms with Gasteiger partial charge in [0.1, 0.15) is 12.4 Å². The third-order valence-corrected chi connectivity index (χ3v) is 5.82. The second kappa shape index (κ2) is 8.89. The van der Waals surface area contributed by atoms with E-state index in [4.69, 9.17) is 4.74 Å². The smallest absolute Gasteiger partial charge is 0.119 e. The van der Waals surface area contributed by atoms with Gasteiger partial charge in [-0.25, -0.2) is 0 Å². The van der Waals surface area contributed by atoms with Gasteiger partial charge in [-0.05, 0) is 39.7 Å². The maximum Gasteiger partial charge on any atom is 0.119 e. The fraction of sp³-hybridized carbons (Fsp3) is 0.538. The molecule has 1 aliphatic heterocycles. The van der Waals surface area contributed by atoms with E-state index in [1.807, 2.05) is 0 Å². The predicted octanol–water partition coefficient (Wildman–Crippen LogP) is 5.31. The zero-order valence-electron chi connectivity index (χ0n) is 19.1. The van der Waals surface area contributed by atoms with Crippen LogP contribution in [0.25, 0.3) is 0 Å². The van der Waals surface area contributed by atoms with Crippen molar-refractivity contribution >= 4 is 0 Å². The van der Waals surface area contributed by atoms with Crippen LogP contribution in [0.2, 0.25) is 0 Å². The average molecular weight is 395 g/mol. The molecule has 3 nitrogen and oxygen atoms in total. The Balaban J connectivity index is 1.86. The molecule has 0 aliphatic carbocycles. The molecule has 1 saturated heterocycles. The van der Waals surface area contributed by atoms with Gasteiger partial charge in [-0.15, -0.1) is 0 Å². The van der Waals surface area contributed by atoms with Crippen molar-refractivity contribution in [2.24, 2.45) is 0 Å². The van der Waals surface area contributed by atoms with Crippen molar-refractivity contribution in [1.29, 1.82) is 0 Å². The SMILES string of the molecule is CC(C)(C)c1cc(OCC(c2ccccc2)N2CCNCC2)cc(C(C)(C)C)c1. The Morgan fingerprint density at radius 1 is 0.862 bits per heavy atom. The molecule has 1 unspecified atom stereocenters. The number of hydrogen-bond acceptors (Lipinski definition) is 3. The Hall–Kier alpha value is -1.84. The van der Waals surface area contributed by atoms with E-state index in [0.29, 0.717) is 6.61 Å². The quantitative estimate of drug-likeness (QED) is 0.744. The zero-order valence-corrected chi connectivity index (χ0v) is 19.1. The number of benzene rings is 2. The average Bonchev–Trinajstić information content (AvgIpc) is 2.68. The van der Waals surface area contributed by atoms with Crippen molar-refractivity contribution in [2.45, 2.75) is 58.4 Å². The summed E-state index contributed by atoms with van der Waals surface area (Å²) in [4.78, 5) is 2.55. The van der Waals surface area contributed by atoms with Gasteiger partial charge in [0.2, 0.25) is 0 Å². The molecule has 1 atom stereocenters. The highest BCUT2D eigenvalue weighted by atomic mass is 16.5. The number of piperazine rings is 1. The van der Waals surface area contributed by atoms with E-state index in [9.17, 15) is 0 Å². The molecule has 158 valence electrons. The Morgan fingerprint density at radius 3 is 1.93 bits per heavy atom. The molecule has 0 bridgehead atoms. The predicted molar refractivity (Wildman–Crippen MR) is 123 cm³/mol. The van der Waals surface area contributed by atoms with E-state index in [-0.39, 0.29) is 16.9 Å². The van der Waals surface area contributed by atoms with Crippen molar-refractivity contribution in [1.82, 2.24) is 10.2 Å². The summed E-state index contributed by atoms with van der Waals surface area (Å²) in [5, 5.41) is 3.46. The number of ether oxygens (including phenoxy) is 1. The van der Waals surface area contributed by atoms with E-state index < -0.39 is 0 Å². The molecule has 3 heteroatoms. The standard InChI is InChI=1S/C26H38N2O/c1-25(2,3)21-16-22(26(4,5)6)18-23(17-21)29-19-24(20-10-8-7-9-11-20)28-14-12-27-13-15-28/h7-11,16-18,24,27H,12-15,19H2,1-6H3. The van der Waals surface area contributed by atoms with Crippen LogP contribution in [0.15, 0.2) is 48.5 Å². The van der Waals surface area contributed by atoms with Crippen LogP contribution in [0, 0.1) is 0 Å². The number of rotatable bonds is 5. The normalized spacial score (nSPS) is 17.2. The molecule has 1 heterocycles. The molecule has 2 aromatic carbocycles. The molecule has 29 heavy (non-hydrogen) atoms. The van der Waals surface area contributed by atoms with Crippen LogP contribution in [-0.2, 0) is 10.8 Å². The van der Waals surface area contributed by atoms with E-state index in [1.165, 1.54) is 16.7 Å². The van der Waals surface area contributed by atoms with Crippen LogP contribution in [0.5, 0.6) is 5.75 Å². The summed E-state index contributed by atoms with van der Waals surface area (Å²) in [6.45, 7) is 18.5. The third-order valence-electron chi connectivity index (χ3n) is 5.82. The second-order valence-electron chi connectivity index (χ2n) is 10.3. The monoisotopic (exact) mass is 394 g/mol. The molecule has 1 aliphatic rings. The van der Waals surface area contributed by atoms with Crippen molar-refractivity contribution in [3.8, 4) is 5.75 Å². The Kier molecular flexibility index (Phi) is 6.70. The van der Waals surface area contributed by atoms with E-state index in [2.05, 4.69) is 100 Å². The maximum atomic E-state index is 6.49. The summed E-state index contributed by atoms with van der Waals surface area (Å²) in [7, 11) is 0. The lowest BCUT2D eigenvalue weighted by Crippen LogP contribution is -2.46. The number of nitrogens with one attached hydrogen (secondary N) is 1. The van der Waals surface area contributed by atoms with Gasteiger partial charge in [-0.2, -0.15) is 0 Å². The first-order valence-corrected chi connectivity index (χ1v) is 10.9. The summed E-state index contributed by atoms with van der Waals surface area (Å²) in [6, 6.07) is 17.9. The van der Waals surface area contributed by atoms with Crippen LogP contribution in [0.4, 0.5) is 0 Å². The zero-order chi connectivity index (χ0) is 21.1. The number of hydrogen-bond donors (Lipinski definition) is 1. The summed E-state index contributed by atoms with van der Waals surface area (Å²) in [6.07, 6.45) is 0. The van der Waals surface area contributed by atoms with Crippen LogP contribution >= 0.6 is 0 Å². The highest BCUT2D eigenvalue weighted by Crippen LogP contribution is 2.33. The lowest BCUT2D eigenvalue weighted by molar-refractivity contribution is 0.121. The Morgan fingerprint density at radius 2 is 1.41 bits per heavy atom. The molecular weight excluding hydrogens is 356 g/mol. The molecule has 1 fully saturated rings. The third kappa shape index (κ3) is 5.83. The van der Waals surface area contributed by atoms with Gasteiger partial charge >= 0.3 is 0 Å². The van der Waals surface area contributed by atoms with Crippen molar-refractivity contribution in [2.75, 3.05) is 32.8 Å². The molecule has 0 aromatic heterocycles. The van der Waals surface area contributed by atoms with E-state index in [1.54, 1.807) is 0 Å². The Labute approximate surface area is 177 Å². The van der Waals surface area contributed by atoms with Gasteiger partial charge in [0.15, 0.2) is 0 Å². The molecule has 0 spiro atoms. The molecule has 0 amide bonds. The molecule has 0 saturated carbocycles. The highest BCUT2D eigenvalue weighted by Gasteiger charge is 2.24. The van der Waals surface area contributed by atoms with Gasteiger partial charge in [0.25, 0.3) is 0 Å². The minimum absolute atomic E-state index is 0.0940. The van der Waals surface area contributed by atoms with Crippen LogP contribution in [0.1, 0.15) is 64.3 Å². The largest absolute Gasteiger partial charge is 0.492 e. The second-order valence-corrected chi connectivity index (χ2v) is 10.3. The van der Waals surface area contributed by atoms with Crippen molar-refractivity contribution in [3.63, 3.8) is 0 Å². The van der Waals surface area contributed by atoms with Crippen LogP contribution in [-0.4, -0.2) is 37.7 Å². The lowest BCUT2D eigenvalue weighted by Gasteiger charge is -2.35. The topological polar surface area (TPSA) is 24.5 Å². The minimum atomic E-state index is 0.0940. The highest BCUT2D eigenvalue weighted by molar-refractivity contribution is 5.40. The number of nitrogens with zero attached hydrogens (tertiary/aromatic N) is 1. The first-order valence-electron chi connectivity index (χ1n) is 10.9.